The van der Waals surface area contributed by atoms with E-state index in [2.05, 4.69) is 107 Å². The Morgan fingerprint density at radius 3 is 2.00 bits per heavy atom. The summed E-state index contributed by atoms with van der Waals surface area (Å²) in [5, 5.41) is 5.62. The molecule has 0 N–H and O–H groups in total. The van der Waals surface area contributed by atoms with E-state index in [-0.39, 0.29) is 0 Å². The van der Waals surface area contributed by atoms with Crippen molar-refractivity contribution in [3.8, 4) is 0 Å². The number of hydrogen-bond acceptors (Lipinski definition) is 2. The van der Waals surface area contributed by atoms with Gasteiger partial charge in [-0.15, -0.1) is 0 Å². The number of alkyl halides is 1. The minimum atomic E-state index is -1.00. The van der Waals surface area contributed by atoms with Crippen molar-refractivity contribution >= 4 is 57.9 Å². The maximum absolute atomic E-state index is 9.96. The first-order chi connectivity index (χ1) is 15.1. The second kappa shape index (κ2) is 10.9. The topological polar surface area (TPSA) is 12.4 Å². The standard InChI is InChI=1S/C12H9Br.C12H10.CH3F.BHNS/c13-12-7-8-5-6-9(8)10-3-1-2-4-11(10)12;1-2-4-11-9(3-1)5-6-10-7-8-12(10)11;1-2;1-2-3/h1-4,7H,5-6H2;1-6H,7-8H2;1H3;3H/i;;1D;. The normalized spacial score (nSPS) is 12.7. The van der Waals surface area contributed by atoms with Crippen molar-refractivity contribution in [3.05, 3.63) is 93.5 Å². The van der Waals surface area contributed by atoms with Gasteiger partial charge in [0.2, 0.25) is 0 Å². The van der Waals surface area contributed by atoms with Gasteiger partial charge in [0.1, 0.15) is 0 Å². The molecular formula is C25H23BBrFNS. The molecule has 151 valence electrons. The van der Waals surface area contributed by atoms with Gasteiger partial charge in [-0.2, -0.15) is 0 Å². The van der Waals surface area contributed by atoms with Crippen molar-refractivity contribution in [1.29, 1.82) is 0 Å². The van der Waals surface area contributed by atoms with Crippen molar-refractivity contribution < 1.29 is 5.76 Å². The van der Waals surface area contributed by atoms with E-state index in [0.29, 0.717) is 0 Å². The Morgan fingerprint density at radius 2 is 1.40 bits per heavy atom. The van der Waals surface area contributed by atoms with Gasteiger partial charge in [-0.3, -0.25) is 4.39 Å². The van der Waals surface area contributed by atoms with E-state index in [1.165, 1.54) is 57.3 Å². The van der Waals surface area contributed by atoms with Crippen LogP contribution in [0, 0.1) is 0 Å². The van der Waals surface area contributed by atoms with Gasteiger partial charge in [0, 0.05) is 4.47 Å². The van der Waals surface area contributed by atoms with E-state index in [1.807, 2.05) is 0 Å². The van der Waals surface area contributed by atoms with Crippen molar-refractivity contribution in [2.24, 2.45) is 4.30 Å². The summed E-state index contributed by atoms with van der Waals surface area (Å²) in [7, 11) is 3.34. The Kier molecular flexibility index (Phi) is 7.71. The molecule has 0 amide bonds. The third kappa shape index (κ3) is 4.68. The van der Waals surface area contributed by atoms with Crippen LogP contribution in [0.2, 0.25) is 0 Å². The van der Waals surface area contributed by atoms with Crippen LogP contribution in [0.3, 0.4) is 0 Å². The molecule has 4 aromatic rings. The van der Waals surface area contributed by atoms with E-state index in [1.54, 1.807) is 16.7 Å². The molecule has 0 spiro atoms. The van der Waals surface area contributed by atoms with E-state index in [4.69, 9.17) is 1.37 Å². The predicted octanol–water partition coefficient (Wildman–Crippen LogP) is 7.41. The first kappa shape index (κ1) is 21.3. The number of hydrogen-bond donors (Lipinski definition) is 1. The molecule has 4 aromatic carbocycles. The molecular weight excluding hydrogens is 456 g/mol. The first-order valence-electron chi connectivity index (χ1n) is 10.4. The van der Waals surface area contributed by atoms with Crippen molar-refractivity contribution in [3.63, 3.8) is 0 Å². The monoisotopic (exact) mass is 479 g/mol. The van der Waals surface area contributed by atoms with Crippen LogP contribution in [0.25, 0.3) is 21.5 Å². The van der Waals surface area contributed by atoms with Crippen LogP contribution >= 0.6 is 28.7 Å². The van der Waals surface area contributed by atoms with Gasteiger partial charge < -0.3 is 0 Å². The molecule has 0 atom stereocenters. The van der Waals surface area contributed by atoms with E-state index in [0.717, 1.165) is 0 Å². The maximum atomic E-state index is 9.96. The molecule has 2 aliphatic rings. The summed E-state index contributed by atoms with van der Waals surface area (Å²) >= 11 is 6.81. The van der Waals surface area contributed by atoms with Crippen LogP contribution in [0.4, 0.5) is 4.39 Å². The van der Waals surface area contributed by atoms with Crippen molar-refractivity contribution in [1.82, 2.24) is 0 Å². The summed E-state index contributed by atoms with van der Waals surface area (Å²) in [6.45, 7) is 0. The number of thiol groups is 1. The van der Waals surface area contributed by atoms with Gasteiger partial charge in [0.25, 0.3) is 0 Å². The largest absolute Gasteiger partial charge is 0.0616 e. The molecule has 5 heteroatoms. The molecule has 0 saturated heterocycles. The predicted molar refractivity (Wildman–Crippen MR) is 135 cm³/mol. The van der Waals surface area contributed by atoms with Crippen molar-refractivity contribution in [2.45, 2.75) is 25.7 Å². The first-order valence-corrected chi connectivity index (χ1v) is 10.9. The van der Waals surface area contributed by atoms with Gasteiger partial charge in [0.15, 0.2) is 0 Å². The summed E-state index contributed by atoms with van der Waals surface area (Å²) in [6, 6.07) is 24.0. The Bertz CT molecular complexity index is 1200. The van der Waals surface area contributed by atoms with Crippen LogP contribution < -0.4 is 0 Å². The molecule has 0 bridgehead atoms. The van der Waals surface area contributed by atoms with Gasteiger partial charge in [0.05, 0.1) is 8.52 Å². The fraction of sp³-hybridized carbons (Fsp3) is 0.200. The zero-order valence-corrected chi connectivity index (χ0v) is 19.1. The molecule has 1 radical (unpaired) electrons. The number of rotatable bonds is 0. The summed E-state index contributed by atoms with van der Waals surface area (Å²) in [5.41, 5.74) is 6.20. The average Bonchev–Trinajstić information content (AvgIpc) is 2.72. The molecule has 0 fully saturated rings. The molecule has 2 aliphatic carbocycles. The van der Waals surface area contributed by atoms with E-state index < -0.39 is 7.15 Å². The summed E-state index contributed by atoms with van der Waals surface area (Å²) in [6.07, 6.45) is 5.05. The molecule has 0 unspecified atom stereocenters. The minimum absolute atomic E-state index is 1.00. The molecule has 0 aromatic heterocycles. The van der Waals surface area contributed by atoms with E-state index in [9.17, 15) is 4.39 Å². The molecule has 1 nitrogen and oxygen atoms in total. The summed E-state index contributed by atoms with van der Waals surface area (Å²) < 4.78 is 19.4. The number of nitrogens with zero attached hydrogens (tertiary/aromatic N) is 1. The average molecular weight is 480 g/mol. The van der Waals surface area contributed by atoms with Crippen LogP contribution in [-0.2, 0) is 25.7 Å². The van der Waals surface area contributed by atoms with Gasteiger partial charge in [-0.05, 0) is 75.5 Å². The molecule has 0 aliphatic heterocycles. The van der Waals surface area contributed by atoms with E-state index >= 15 is 0 Å². The van der Waals surface area contributed by atoms with Gasteiger partial charge in [-0.25, -0.2) is 0 Å². The molecule has 30 heavy (non-hydrogen) atoms. The summed E-state index contributed by atoms with van der Waals surface area (Å²) in [4.78, 5) is 0. The minimum Gasteiger partial charge on any atom is -0.0616 e. The van der Waals surface area contributed by atoms with Crippen LogP contribution in [0.1, 0.15) is 23.6 Å². The molecule has 0 heterocycles. The van der Waals surface area contributed by atoms with Crippen LogP contribution in [-0.4, -0.2) is 14.8 Å². The molecule has 0 saturated carbocycles. The maximum Gasteiger partial charge on any atom is -0.0149 e. The smallest absolute Gasteiger partial charge is 0.0149 e. The number of fused-ring (bicyclic) bond motifs is 6. The fourth-order valence-electron chi connectivity index (χ4n) is 4.04. The Balaban J connectivity index is 0.000000141. The Hall–Kier alpha value is -1.98. The Morgan fingerprint density at radius 1 is 0.867 bits per heavy atom. The summed E-state index contributed by atoms with van der Waals surface area (Å²) in [5.74, 6) is 0. The number of benzene rings is 4. The van der Waals surface area contributed by atoms with Crippen LogP contribution in [0.15, 0.2) is 75.5 Å². The third-order valence-corrected chi connectivity index (χ3v) is 6.28. The van der Waals surface area contributed by atoms with Gasteiger partial charge in [-0.1, -0.05) is 76.6 Å². The second-order valence-electron chi connectivity index (χ2n) is 7.08. The number of aryl methyl sites for hydroxylation is 4. The quantitative estimate of drug-likeness (QED) is 0.199. The molecule has 6 rings (SSSR count). The zero-order chi connectivity index (χ0) is 22.2. The third-order valence-electron chi connectivity index (χ3n) is 5.62. The SMILES string of the molecule is Brc1cc2c(c3ccccc13)CC2.[2H]CF.[B]=NS.c1ccc2c3c(ccc2c1)CC3. The van der Waals surface area contributed by atoms with Gasteiger partial charge >= 0.3 is 24.8 Å². The van der Waals surface area contributed by atoms with Crippen LogP contribution in [0.5, 0.6) is 0 Å². The second-order valence-corrected chi connectivity index (χ2v) is 8.17. The zero-order valence-electron chi connectivity index (χ0n) is 17.6. The fourth-order valence-corrected chi connectivity index (χ4v) is 4.66. The van der Waals surface area contributed by atoms with Crippen molar-refractivity contribution in [2.75, 3.05) is 7.15 Å². The number of halogens is 2. The Labute approximate surface area is 193 Å².